The van der Waals surface area contributed by atoms with E-state index >= 15 is 0 Å². The lowest BCUT2D eigenvalue weighted by molar-refractivity contribution is -0.118. The highest BCUT2D eigenvalue weighted by atomic mass is 35.5. The van der Waals surface area contributed by atoms with E-state index in [1.165, 1.54) is 6.92 Å². The number of nitrogens with two attached hydrogens (primary N) is 1. The molecule has 0 aliphatic heterocycles. The average molecular weight is 237 g/mol. The van der Waals surface area contributed by atoms with Crippen molar-refractivity contribution in [2.45, 2.75) is 13.3 Å². The topological polar surface area (TPSA) is 55.1 Å². The van der Waals surface area contributed by atoms with Gasteiger partial charge in [0.05, 0.1) is 0 Å². The number of amides is 1. The lowest BCUT2D eigenvalue weighted by Gasteiger charge is -1.98. The molecule has 0 atom stereocenters. The summed E-state index contributed by atoms with van der Waals surface area (Å²) in [6.45, 7) is 2.02. The molecule has 3 N–H and O–H groups in total. The van der Waals surface area contributed by atoms with Crippen molar-refractivity contribution in [1.29, 1.82) is 0 Å². The molecule has 0 aliphatic carbocycles. The highest BCUT2D eigenvalue weighted by Crippen LogP contribution is 2.16. The number of benzene rings is 1. The Morgan fingerprint density at radius 2 is 2.31 bits per heavy atom. The second kappa shape index (κ2) is 6.04. The van der Waals surface area contributed by atoms with Crippen molar-refractivity contribution in [2.75, 3.05) is 12.3 Å². The maximum atomic E-state index is 10.6. The van der Waals surface area contributed by atoms with Gasteiger partial charge in [0.2, 0.25) is 5.91 Å². The molecule has 0 saturated heterocycles. The SMILES string of the molecule is CC(=O)NCCC#Cc1cc(Cl)ccc1N. The first-order valence-electron chi connectivity index (χ1n) is 4.88. The summed E-state index contributed by atoms with van der Waals surface area (Å²) in [5.74, 6) is 5.79. The van der Waals surface area contributed by atoms with E-state index in [9.17, 15) is 4.79 Å². The number of nitrogens with one attached hydrogen (secondary N) is 1. The van der Waals surface area contributed by atoms with Crippen LogP contribution in [0.4, 0.5) is 5.69 Å². The summed E-state index contributed by atoms with van der Waals surface area (Å²) in [5, 5.41) is 3.27. The standard InChI is InChI=1S/C12H13ClN2O/c1-9(16)15-7-3-2-4-10-8-11(13)5-6-12(10)14/h5-6,8H,3,7,14H2,1H3,(H,15,16). The van der Waals surface area contributed by atoms with Crippen LogP contribution in [-0.4, -0.2) is 12.5 Å². The summed E-state index contributed by atoms with van der Waals surface area (Å²) in [6, 6.07) is 5.17. The van der Waals surface area contributed by atoms with Crippen LogP contribution in [-0.2, 0) is 4.79 Å². The second-order valence-electron chi connectivity index (χ2n) is 3.27. The van der Waals surface area contributed by atoms with Crippen LogP contribution in [0.2, 0.25) is 5.02 Å². The van der Waals surface area contributed by atoms with Crippen LogP contribution in [0.1, 0.15) is 18.9 Å². The smallest absolute Gasteiger partial charge is 0.216 e. The second-order valence-corrected chi connectivity index (χ2v) is 3.70. The Hall–Kier alpha value is -1.66. The van der Waals surface area contributed by atoms with Crippen molar-refractivity contribution in [3.05, 3.63) is 28.8 Å². The third-order valence-electron chi connectivity index (χ3n) is 1.86. The van der Waals surface area contributed by atoms with Gasteiger partial charge in [-0.25, -0.2) is 0 Å². The van der Waals surface area contributed by atoms with E-state index in [4.69, 9.17) is 17.3 Å². The number of hydrogen-bond donors (Lipinski definition) is 2. The number of halogens is 1. The third kappa shape index (κ3) is 4.24. The molecule has 4 heteroatoms. The summed E-state index contributed by atoms with van der Waals surface area (Å²) in [4.78, 5) is 10.6. The van der Waals surface area contributed by atoms with Gasteiger partial charge in [-0.15, -0.1) is 0 Å². The zero-order valence-corrected chi connectivity index (χ0v) is 9.77. The zero-order chi connectivity index (χ0) is 12.0. The van der Waals surface area contributed by atoms with Crippen molar-refractivity contribution in [3.63, 3.8) is 0 Å². The molecule has 0 heterocycles. The van der Waals surface area contributed by atoms with Gasteiger partial charge in [0.15, 0.2) is 0 Å². The van der Waals surface area contributed by atoms with E-state index in [0.29, 0.717) is 23.7 Å². The minimum atomic E-state index is -0.0518. The Labute approximate surface area is 100.0 Å². The van der Waals surface area contributed by atoms with Crippen LogP contribution in [0.5, 0.6) is 0 Å². The van der Waals surface area contributed by atoms with Gasteiger partial charge in [-0.2, -0.15) is 0 Å². The number of anilines is 1. The van der Waals surface area contributed by atoms with Gasteiger partial charge in [-0.3, -0.25) is 4.79 Å². The first-order valence-corrected chi connectivity index (χ1v) is 5.25. The average Bonchev–Trinajstić information content (AvgIpc) is 2.22. The van der Waals surface area contributed by atoms with Crippen molar-refractivity contribution in [2.24, 2.45) is 0 Å². The molecule has 0 bridgehead atoms. The molecule has 1 aromatic rings. The minimum Gasteiger partial charge on any atom is -0.398 e. The first kappa shape index (κ1) is 12.4. The van der Waals surface area contributed by atoms with Gasteiger partial charge in [0.25, 0.3) is 0 Å². The maximum absolute atomic E-state index is 10.6. The van der Waals surface area contributed by atoms with E-state index < -0.39 is 0 Å². The molecule has 0 fully saturated rings. The molecule has 16 heavy (non-hydrogen) atoms. The highest BCUT2D eigenvalue weighted by molar-refractivity contribution is 6.30. The molecule has 0 aliphatic rings. The fourth-order valence-electron chi connectivity index (χ4n) is 1.10. The molecule has 0 saturated carbocycles. The van der Waals surface area contributed by atoms with Crippen molar-refractivity contribution in [1.82, 2.24) is 5.32 Å². The van der Waals surface area contributed by atoms with Crippen LogP contribution >= 0.6 is 11.6 Å². The van der Waals surface area contributed by atoms with Gasteiger partial charge >= 0.3 is 0 Å². The number of nitrogen functional groups attached to an aromatic ring is 1. The highest BCUT2D eigenvalue weighted by Gasteiger charge is 1.95. The van der Waals surface area contributed by atoms with Crippen molar-refractivity contribution >= 4 is 23.2 Å². The molecule has 1 rings (SSSR count). The minimum absolute atomic E-state index is 0.0518. The number of carbonyl (C=O) groups excluding carboxylic acids is 1. The van der Waals surface area contributed by atoms with Crippen molar-refractivity contribution in [3.8, 4) is 11.8 Å². The molecule has 0 radical (unpaired) electrons. The Bertz CT molecular complexity index is 446. The van der Waals surface area contributed by atoms with E-state index in [-0.39, 0.29) is 5.91 Å². The lowest BCUT2D eigenvalue weighted by Crippen LogP contribution is -2.20. The van der Waals surface area contributed by atoms with E-state index in [2.05, 4.69) is 17.2 Å². The van der Waals surface area contributed by atoms with Crippen LogP contribution < -0.4 is 11.1 Å². The summed E-state index contributed by atoms with van der Waals surface area (Å²) in [5.41, 5.74) is 7.05. The van der Waals surface area contributed by atoms with Crippen LogP contribution in [0.3, 0.4) is 0 Å². The number of hydrogen-bond acceptors (Lipinski definition) is 2. The molecule has 1 amide bonds. The molecule has 0 aromatic heterocycles. The van der Waals surface area contributed by atoms with Crippen LogP contribution in [0.15, 0.2) is 18.2 Å². The Balaban J connectivity index is 2.56. The summed E-state index contributed by atoms with van der Waals surface area (Å²) in [7, 11) is 0. The normalized spacial score (nSPS) is 9.12. The molecule has 3 nitrogen and oxygen atoms in total. The molecule has 1 aromatic carbocycles. The Morgan fingerprint density at radius 3 is 3.00 bits per heavy atom. The fraction of sp³-hybridized carbons (Fsp3) is 0.250. The van der Waals surface area contributed by atoms with E-state index in [0.717, 1.165) is 5.56 Å². The molecular weight excluding hydrogens is 224 g/mol. The van der Waals surface area contributed by atoms with Gasteiger partial charge in [0, 0.05) is 36.2 Å². The van der Waals surface area contributed by atoms with E-state index in [1.807, 2.05) is 0 Å². The fourth-order valence-corrected chi connectivity index (χ4v) is 1.27. The van der Waals surface area contributed by atoms with Gasteiger partial charge < -0.3 is 11.1 Å². The Morgan fingerprint density at radius 1 is 1.56 bits per heavy atom. The van der Waals surface area contributed by atoms with Crippen LogP contribution in [0.25, 0.3) is 0 Å². The maximum Gasteiger partial charge on any atom is 0.216 e. The number of carbonyl (C=O) groups is 1. The third-order valence-corrected chi connectivity index (χ3v) is 2.10. The quantitative estimate of drug-likeness (QED) is 0.467. The lowest BCUT2D eigenvalue weighted by atomic mass is 10.2. The monoisotopic (exact) mass is 236 g/mol. The largest absolute Gasteiger partial charge is 0.398 e. The van der Waals surface area contributed by atoms with Crippen molar-refractivity contribution < 1.29 is 4.79 Å². The number of rotatable bonds is 2. The first-order chi connectivity index (χ1) is 7.59. The van der Waals surface area contributed by atoms with E-state index in [1.54, 1.807) is 18.2 Å². The predicted octanol–water partition coefficient (Wildman–Crippen LogP) is 1.80. The predicted molar refractivity (Wildman–Crippen MR) is 66.0 cm³/mol. The molecule has 0 spiro atoms. The van der Waals surface area contributed by atoms with Gasteiger partial charge in [-0.05, 0) is 18.2 Å². The molecular formula is C12H13ClN2O. The molecule has 0 unspecified atom stereocenters. The van der Waals surface area contributed by atoms with Crippen LogP contribution in [0, 0.1) is 11.8 Å². The Kier molecular flexibility index (Phi) is 4.68. The summed E-state index contributed by atoms with van der Waals surface area (Å²) in [6.07, 6.45) is 0.589. The summed E-state index contributed by atoms with van der Waals surface area (Å²) < 4.78 is 0. The molecule has 84 valence electrons. The summed E-state index contributed by atoms with van der Waals surface area (Å²) >= 11 is 5.82. The zero-order valence-electron chi connectivity index (χ0n) is 9.01. The van der Waals surface area contributed by atoms with Gasteiger partial charge in [-0.1, -0.05) is 23.4 Å². The van der Waals surface area contributed by atoms with Gasteiger partial charge in [0.1, 0.15) is 0 Å².